The van der Waals surface area contributed by atoms with Crippen LogP contribution in [0.15, 0.2) is 12.1 Å². The maximum Gasteiger partial charge on any atom is 0.214 e. The van der Waals surface area contributed by atoms with Crippen LogP contribution in [-0.4, -0.2) is 18.6 Å². The lowest BCUT2D eigenvalue weighted by Gasteiger charge is -2.28. The molecule has 1 saturated heterocycles. The third-order valence-corrected chi connectivity index (χ3v) is 2.42. The molecule has 4 heteroatoms. The first-order valence-electron chi connectivity index (χ1n) is 4.24. The zero-order valence-corrected chi connectivity index (χ0v) is 8.14. The molecule has 1 aromatic heterocycles. The molecule has 1 aromatic rings. The highest BCUT2D eigenvalue weighted by atomic mass is 35.5. The summed E-state index contributed by atoms with van der Waals surface area (Å²) in [6.07, 6.45) is 1.16. The molecule has 1 aliphatic rings. The van der Waals surface area contributed by atoms with Gasteiger partial charge in [0.15, 0.2) is 0 Å². The predicted octanol–water partition coefficient (Wildman–Crippen LogP) is 1.78. The Balaban J connectivity index is 2.28. The second-order valence-corrected chi connectivity index (χ2v) is 3.45. The highest BCUT2D eigenvalue weighted by molar-refractivity contribution is 6.29. The Hall–Kier alpha value is -0.800. The Bertz CT molecular complexity index is 312. The lowest BCUT2D eigenvalue weighted by Crippen LogP contribution is -2.34. The van der Waals surface area contributed by atoms with Gasteiger partial charge in [-0.25, -0.2) is 4.98 Å². The van der Waals surface area contributed by atoms with Crippen LogP contribution >= 0.6 is 11.6 Å². The Kier molecular flexibility index (Phi) is 2.38. The summed E-state index contributed by atoms with van der Waals surface area (Å²) in [5.41, 5.74) is 1.16. The topological polar surface area (TPSA) is 34.1 Å². The third-order valence-electron chi connectivity index (χ3n) is 2.23. The van der Waals surface area contributed by atoms with Crippen LogP contribution in [0.4, 0.5) is 0 Å². The van der Waals surface area contributed by atoms with Gasteiger partial charge in [0.05, 0.1) is 7.11 Å². The van der Waals surface area contributed by atoms with E-state index in [1.54, 1.807) is 7.11 Å². The normalized spacial score (nSPS) is 20.9. The van der Waals surface area contributed by atoms with Crippen molar-refractivity contribution in [1.82, 2.24) is 10.3 Å². The molecule has 3 nitrogen and oxygen atoms in total. The van der Waals surface area contributed by atoms with Gasteiger partial charge in [-0.3, -0.25) is 0 Å². The van der Waals surface area contributed by atoms with E-state index in [2.05, 4.69) is 10.3 Å². The molecular weight excluding hydrogens is 188 g/mol. The van der Waals surface area contributed by atoms with E-state index in [0.29, 0.717) is 17.1 Å². The first kappa shape index (κ1) is 8.78. The lowest BCUT2D eigenvalue weighted by atomic mass is 9.99. The highest BCUT2D eigenvalue weighted by Crippen LogP contribution is 2.27. The van der Waals surface area contributed by atoms with Crippen molar-refractivity contribution >= 4 is 11.6 Å². The van der Waals surface area contributed by atoms with Crippen LogP contribution in [0.2, 0.25) is 5.15 Å². The molecule has 0 saturated carbocycles. The molecule has 0 aromatic carbocycles. The van der Waals surface area contributed by atoms with Crippen molar-refractivity contribution in [3.8, 4) is 5.88 Å². The van der Waals surface area contributed by atoms with Crippen molar-refractivity contribution in [3.05, 3.63) is 22.8 Å². The highest BCUT2D eigenvalue weighted by Gasteiger charge is 2.19. The molecule has 2 heterocycles. The Labute approximate surface area is 82.1 Å². The van der Waals surface area contributed by atoms with Crippen LogP contribution in [0.3, 0.4) is 0 Å². The second kappa shape index (κ2) is 3.52. The van der Waals surface area contributed by atoms with Crippen molar-refractivity contribution in [2.75, 3.05) is 13.7 Å². The van der Waals surface area contributed by atoms with Crippen molar-refractivity contribution in [2.24, 2.45) is 0 Å². The fourth-order valence-corrected chi connectivity index (χ4v) is 1.58. The average molecular weight is 199 g/mol. The van der Waals surface area contributed by atoms with Crippen molar-refractivity contribution < 1.29 is 4.74 Å². The zero-order chi connectivity index (χ0) is 9.26. The monoisotopic (exact) mass is 198 g/mol. The number of ether oxygens (including phenoxy) is 1. The van der Waals surface area contributed by atoms with Gasteiger partial charge >= 0.3 is 0 Å². The van der Waals surface area contributed by atoms with Crippen LogP contribution in [-0.2, 0) is 0 Å². The summed E-state index contributed by atoms with van der Waals surface area (Å²) in [5, 5.41) is 3.79. The molecule has 0 unspecified atom stereocenters. The maximum absolute atomic E-state index is 5.84. The minimum atomic E-state index is 0.425. The van der Waals surface area contributed by atoms with Crippen molar-refractivity contribution in [3.63, 3.8) is 0 Å². The average Bonchev–Trinajstić information content (AvgIpc) is 2.00. The quantitative estimate of drug-likeness (QED) is 0.736. The Morgan fingerprint density at radius 3 is 2.92 bits per heavy atom. The molecule has 1 atom stereocenters. The fraction of sp³-hybridized carbons (Fsp3) is 0.444. The van der Waals surface area contributed by atoms with Gasteiger partial charge in [-0.15, -0.1) is 0 Å². The number of nitrogens with zero attached hydrogens (tertiary/aromatic N) is 1. The molecule has 1 fully saturated rings. The first-order chi connectivity index (χ1) is 6.29. The summed E-state index contributed by atoms with van der Waals surface area (Å²) >= 11 is 5.84. The van der Waals surface area contributed by atoms with Crippen LogP contribution in [0, 0.1) is 0 Å². The number of rotatable bonds is 2. The summed E-state index contributed by atoms with van der Waals surface area (Å²) in [5.74, 6) is 0.580. The summed E-state index contributed by atoms with van der Waals surface area (Å²) in [6, 6.07) is 4.22. The van der Waals surface area contributed by atoms with Gasteiger partial charge in [-0.1, -0.05) is 11.6 Å². The number of aromatic nitrogens is 1. The number of methoxy groups -OCH3 is 1. The van der Waals surface area contributed by atoms with E-state index in [1.165, 1.54) is 0 Å². The minimum Gasteiger partial charge on any atom is -0.481 e. The molecule has 0 amide bonds. The lowest BCUT2D eigenvalue weighted by molar-refractivity contribution is 0.373. The van der Waals surface area contributed by atoms with Crippen LogP contribution < -0.4 is 10.1 Å². The van der Waals surface area contributed by atoms with E-state index >= 15 is 0 Å². The van der Waals surface area contributed by atoms with E-state index < -0.39 is 0 Å². The third kappa shape index (κ3) is 1.76. The smallest absolute Gasteiger partial charge is 0.214 e. The molecule has 1 N–H and O–H groups in total. The van der Waals surface area contributed by atoms with E-state index in [0.717, 1.165) is 18.5 Å². The zero-order valence-electron chi connectivity index (χ0n) is 7.38. The van der Waals surface area contributed by atoms with Gasteiger partial charge in [-0.2, -0.15) is 0 Å². The van der Waals surface area contributed by atoms with Crippen molar-refractivity contribution in [1.29, 1.82) is 0 Å². The molecular formula is C9H11ClN2O. The van der Waals surface area contributed by atoms with Gasteiger partial charge in [0.25, 0.3) is 0 Å². The summed E-state index contributed by atoms with van der Waals surface area (Å²) in [6.45, 7) is 1.08. The number of halogens is 1. The standard InChI is InChI=1S/C9H11ClN2O/c1-13-9-5-6(4-8(10)12-9)7-2-3-11-7/h4-5,7,11H,2-3H2,1H3/t7-/m0/s1. The summed E-state index contributed by atoms with van der Waals surface area (Å²) in [7, 11) is 1.59. The van der Waals surface area contributed by atoms with Gasteiger partial charge in [0, 0.05) is 12.1 Å². The first-order valence-corrected chi connectivity index (χ1v) is 4.62. The van der Waals surface area contributed by atoms with E-state index in [4.69, 9.17) is 16.3 Å². The number of hydrogen-bond donors (Lipinski definition) is 1. The molecule has 0 spiro atoms. The van der Waals surface area contributed by atoms with Crippen molar-refractivity contribution in [2.45, 2.75) is 12.5 Å². The Morgan fingerprint density at radius 2 is 2.38 bits per heavy atom. The van der Waals surface area contributed by atoms with E-state index in [9.17, 15) is 0 Å². The van der Waals surface area contributed by atoms with Crippen LogP contribution in [0.1, 0.15) is 18.0 Å². The molecule has 0 radical (unpaired) electrons. The molecule has 1 aliphatic heterocycles. The number of hydrogen-bond acceptors (Lipinski definition) is 3. The second-order valence-electron chi connectivity index (χ2n) is 3.06. The number of pyridine rings is 1. The Morgan fingerprint density at radius 1 is 1.62 bits per heavy atom. The van der Waals surface area contributed by atoms with Gasteiger partial charge in [-0.05, 0) is 24.6 Å². The number of nitrogens with one attached hydrogen (secondary N) is 1. The van der Waals surface area contributed by atoms with Gasteiger partial charge < -0.3 is 10.1 Å². The van der Waals surface area contributed by atoms with Gasteiger partial charge in [0.2, 0.25) is 5.88 Å². The molecule has 0 bridgehead atoms. The SMILES string of the molecule is COc1cc([C@@H]2CCN2)cc(Cl)n1. The molecule has 13 heavy (non-hydrogen) atoms. The molecule has 70 valence electrons. The fourth-order valence-electron chi connectivity index (χ4n) is 1.37. The van der Waals surface area contributed by atoms with Gasteiger partial charge in [0.1, 0.15) is 5.15 Å². The summed E-state index contributed by atoms with van der Waals surface area (Å²) in [4.78, 5) is 4.01. The molecule has 2 rings (SSSR count). The van der Waals surface area contributed by atoms with E-state index in [1.807, 2.05) is 12.1 Å². The minimum absolute atomic E-state index is 0.425. The van der Waals surface area contributed by atoms with E-state index in [-0.39, 0.29) is 0 Å². The largest absolute Gasteiger partial charge is 0.481 e. The van der Waals surface area contributed by atoms with Crippen LogP contribution in [0.5, 0.6) is 5.88 Å². The molecule has 0 aliphatic carbocycles. The summed E-state index contributed by atoms with van der Waals surface area (Å²) < 4.78 is 5.03. The predicted molar refractivity (Wildman–Crippen MR) is 51.2 cm³/mol. The maximum atomic E-state index is 5.84. The van der Waals surface area contributed by atoms with Crippen LogP contribution in [0.25, 0.3) is 0 Å².